The fourth-order valence-electron chi connectivity index (χ4n) is 3.30. The van der Waals surface area contributed by atoms with Crippen LogP contribution in [0.1, 0.15) is 59.8 Å². The van der Waals surface area contributed by atoms with Gasteiger partial charge in [0.1, 0.15) is 5.54 Å². The number of carbonyl (C=O) groups is 1. The zero-order valence-electron chi connectivity index (χ0n) is 14.6. The Labute approximate surface area is 130 Å². The van der Waals surface area contributed by atoms with E-state index in [1.807, 2.05) is 13.8 Å². The van der Waals surface area contributed by atoms with Crippen LogP contribution in [0.4, 0.5) is 0 Å². The normalized spacial score (nSPS) is 19.2. The van der Waals surface area contributed by atoms with E-state index in [-0.39, 0.29) is 12.0 Å². The molecule has 1 aliphatic carbocycles. The second kappa shape index (κ2) is 8.74. The molecule has 124 valence electrons. The van der Waals surface area contributed by atoms with E-state index >= 15 is 0 Å². The Bertz CT molecular complexity index is 314. The van der Waals surface area contributed by atoms with Crippen molar-refractivity contribution in [3.8, 4) is 0 Å². The second-order valence-electron chi connectivity index (χ2n) is 7.01. The summed E-state index contributed by atoms with van der Waals surface area (Å²) in [5, 5.41) is 3.39. The lowest BCUT2D eigenvalue weighted by atomic mass is 9.96. The molecule has 0 radical (unpaired) electrons. The maximum absolute atomic E-state index is 12.3. The van der Waals surface area contributed by atoms with Gasteiger partial charge in [0.05, 0.1) is 6.61 Å². The maximum atomic E-state index is 12.3. The number of ether oxygens (including phenoxy) is 1. The third-order valence-electron chi connectivity index (χ3n) is 4.37. The molecular weight excluding hydrogens is 264 g/mol. The lowest BCUT2D eigenvalue weighted by Gasteiger charge is -2.32. The molecule has 1 fully saturated rings. The van der Waals surface area contributed by atoms with Crippen LogP contribution < -0.4 is 5.32 Å². The van der Waals surface area contributed by atoms with Crippen molar-refractivity contribution < 1.29 is 9.53 Å². The molecule has 1 atom stereocenters. The Kier molecular flexibility index (Phi) is 7.67. The van der Waals surface area contributed by atoms with E-state index in [0.717, 1.165) is 25.4 Å². The number of rotatable bonds is 9. The van der Waals surface area contributed by atoms with Crippen LogP contribution in [0.25, 0.3) is 0 Å². The van der Waals surface area contributed by atoms with Crippen LogP contribution in [-0.2, 0) is 9.53 Å². The van der Waals surface area contributed by atoms with Gasteiger partial charge in [0, 0.05) is 19.1 Å². The Balaban J connectivity index is 2.49. The van der Waals surface area contributed by atoms with Gasteiger partial charge in [-0.05, 0) is 59.9 Å². The van der Waals surface area contributed by atoms with Crippen LogP contribution in [0.5, 0.6) is 0 Å². The van der Waals surface area contributed by atoms with Crippen molar-refractivity contribution in [1.29, 1.82) is 0 Å². The highest BCUT2D eigenvalue weighted by molar-refractivity contribution is 5.80. The van der Waals surface area contributed by atoms with Gasteiger partial charge in [0.2, 0.25) is 0 Å². The molecule has 1 aliphatic rings. The number of hydrogen-bond acceptors (Lipinski definition) is 4. The summed E-state index contributed by atoms with van der Waals surface area (Å²) in [5.74, 6) is 0.717. The van der Waals surface area contributed by atoms with E-state index < -0.39 is 5.54 Å². The van der Waals surface area contributed by atoms with Gasteiger partial charge >= 0.3 is 5.97 Å². The zero-order chi connectivity index (χ0) is 15.9. The highest BCUT2D eigenvalue weighted by Crippen LogP contribution is 2.25. The highest BCUT2D eigenvalue weighted by atomic mass is 16.5. The van der Waals surface area contributed by atoms with Crippen molar-refractivity contribution in [3.63, 3.8) is 0 Å². The van der Waals surface area contributed by atoms with Gasteiger partial charge in [-0.2, -0.15) is 0 Å². The van der Waals surface area contributed by atoms with Gasteiger partial charge in [0.25, 0.3) is 0 Å². The molecule has 0 heterocycles. The van der Waals surface area contributed by atoms with Gasteiger partial charge in [-0.3, -0.25) is 10.1 Å². The van der Waals surface area contributed by atoms with E-state index in [0.29, 0.717) is 6.61 Å². The summed E-state index contributed by atoms with van der Waals surface area (Å²) in [4.78, 5) is 14.6. The van der Waals surface area contributed by atoms with Crippen LogP contribution in [0, 0.1) is 5.92 Å². The van der Waals surface area contributed by atoms with Crippen molar-refractivity contribution in [2.75, 3.05) is 26.7 Å². The molecule has 0 aromatic rings. The van der Waals surface area contributed by atoms with Crippen molar-refractivity contribution in [2.24, 2.45) is 5.92 Å². The minimum atomic E-state index is -0.589. The molecule has 0 bridgehead atoms. The average Bonchev–Trinajstić information content (AvgIpc) is 2.89. The molecule has 21 heavy (non-hydrogen) atoms. The average molecular weight is 298 g/mol. The van der Waals surface area contributed by atoms with Crippen LogP contribution in [-0.4, -0.2) is 49.2 Å². The highest BCUT2D eigenvalue weighted by Gasteiger charge is 2.35. The predicted molar refractivity (Wildman–Crippen MR) is 87.4 cm³/mol. The van der Waals surface area contributed by atoms with Crippen LogP contribution in [0.2, 0.25) is 0 Å². The lowest BCUT2D eigenvalue weighted by Crippen LogP contribution is -2.54. The molecule has 4 nitrogen and oxygen atoms in total. The monoisotopic (exact) mass is 298 g/mol. The van der Waals surface area contributed by atoms with Crippen LogP contribution in [0.15, 0.2) is 0 Å². The molecule has 0 amide bonds. The summed E-state index contributed by atoms with van der Waals surface area (Å²) >= 11 is 0. The predicted octanol–water partition coefficient (Wildman–Crippen LogP) is 2.82. The summed E-state index contributed by atoms with van der Waals surface area (Å²) in [7, 11) is 2.17. The largest absolute Gasteiger partial charge is 0.465 e. The summed E-state index contributed by atoms with van der Waals surface area (Å²) in [6.45, 7) is 10.5. The Morgan fingerprint density at radius 3 is 2.52 bits per heavy atom. The van der Waals surface area contributed by atoms with Crippen molar-refractivity contribution >= 4 is 5.97 Å². The number of nitrogens with one attached hydrogen (secondary N) is 1. The quantitative estimate of drug-likeness (QED) is 0.665. The summed E-state index contributed by atoms with van der Waals surface area (Å²) < 4.78 is 5.25. The molecule has 1 rings (SSSR count). The van der Waals surface area contributed by atoms with Gasteiger partial charge < -0.3 is 9.64 Å². The summed E-state index contributed by atoms with van der Waals surface area (Å²) in [6.07, 6.45) is 6.28. The fourth-order valence-corrected chi connectivity index (χ4v) is 3.30. The molecule has 0 aromatic heterocycles. The molecule has 1 saturated carbocycles. The third-order valence-corrected chi connectivity index (χ3v) is 4.37. The third kappa shape index (κ3) is 6.35. The van der Waals surface area contributed by atoms with E-state index in [1.54, 1.807) is 0 Å². The summed E-state index contributed by atoms with van der Waals surface area (Å²) in [5.41, 5.74) is -0.589. The molecule has 4 heteroatoms. The summed E-state index contributed by atoms with van der Waals surface area (Å²) in [6, 6.07) is 0.263. The topological polar surface area (TPSA) is 41.6 Å². The lowest BCUT2D eigenvalue weighted by molar-refractivity contribution is -0.151. The molecule has 0 spiro atoms. The molecule has 0 aromatic carbocycles. The van der Waals surface area contributed by atoms with Crippen molar-refractivity contribution in [1.82, 2.24) is 10.2 Å². The Hall–Kier alpha value is -0.610. The number of carbonyl (C=O) groups excluding carboxylic acids is 1. The Morgan fingerprint density at radius 1 is 1.38 bits per heavy atom. The van der Waals surface area contributed by atoms with E-state index in [1.165, 1.54) is 25.7 Å². The number of hydrogen-bond donors (Lipinski definition) is 1. The minimum absolute atomic E-state index is 0.132. The van der Waals surface area contributed by atoms with Gasteiger partial charge in [0.15, 0.2) is 0 Å². The first-order valence-electron chi connectivity index (χ1n) is 8.51. The first-order valence-corrected chi connectivity index (χ1v) is 8.51. The molecular formula is C17H34N2O2. The van der Waals surface area contributed by atoms with Crippen LogP contribution in [0.3, 0.4) is 0 Å². The van der Waals surface area contributed by atoms with Gasteiger partial charge in [-0.1, -0.05) is 12.8 Å². The standard InChI is InChI=1S/C17H34N2O2/c1-6-21-16(20)17(4,18-14(2)3)11-12-19(5)13-15-9-7-8-10-15/h14-15,18H,6-13H2,1-5H3. The second-order valence-corrected chi connectivity index (χ2v) is 7.01. The number of nitrogens with zero attached hydrogens (tertiary/aromatic N) is 1. The van der Waals surface area contributed by atoms with E-state index in [2.05, 4.69) is 31.1 Å². The van der Waals surface area contributed by atoms with Crippen LogP contribution >= 0.6 is 0 Å². The number of esters is 1. The zero-order valence-corrected chi connectivity index (χ0v) is 14.6. The maximum Gasteiger partial charge on any atom is 0.326 e. The first-order chi connectivity index (χ1) is 9.87. The molecule has 0 aliphatic heterocycles. The first kappa shape index (κ1) is 18.4. The fraction of sp³-hybridized carbons (Fsp3) is 0.941. The molecule has 1 N–H and O–H groups in total. The van der Waals surface area contributed by atoms with Crippen molar-refractivity contribution in [3.05, 3.63) is 0 Å². The van der Waals surface area contributed by atoms with Crippen molar-refractivity contribution in [2.45, 2.75) is 71.4 Å². The Morgan fingerprint density at radius 2 is 2.00 bits per heavy atom. The van der Waals surface area contributed by atoms with E-state index in [4.69, 9.17) is 4.74 Å². The SMILES string of the molecule is CCOC(=O)C(C)(CCN(C)CC1CCCC1)NC(C)C. The molecule has 0 saturated heterocycles. The smallest absolute Gasteiger partial charge is 0.326 e. The minimum Gasteiger partial charge on any atom is -0.465 e. The van der Waals surface area contributed by atoms with E-state index in [9.17, 15) is 4.79 Å². The van der Waals surface area contributed by atoms with Gasteiger partial charge in [-0.15, -0.1) is 0 Å². The molecule has 1 unspecified atom stereocenters. The van der Waals surface area contributed by atoms with Gasteiger partial charge in [-0.25, -0.2) is 0 Å².